The highest BCUT2D eigenvalue weighted by Crippen LogP contribution is 2.35. The molecule has 1 fully saturated rings. The van der Waals surface area contributed by atoms with Crippen molar-refractivity contribution in [3.8, 4) is 0 Å². The largest absolute Gasteiger partial charge is 0.359 e. The van der Waals surface area contributed by atoms with Crippen molar-refractivity contribution in [1.82, 2.24) is 10.1 Å². The molecule has 1 aliphatic heterocycles. The summed E-state index contributed by atoms with van der Waals surface area (Å²) in [5.41, 5.74) is 0.980. The molecule has 0 bridgehead atoms. The summed E-state index contributed by atoms with van der Waals surface area (Å²) >= 11 is 0. The zero-order valence-electron chi connectivity index (χ0n) is 9.16. The predicted octanol–water partition coefficient (Wildman–Crippen LogP) is 2.39. The fourth-order valence-corrected chi connectivity index (χ4v) is 2.27. The third-order valence-electron chi connectivity index (χ3n) is 3.19. The summed E-state index contributed by atoms with van der Waals surface area (Å²) < 4.78 is 5.32. The highest BCUT2D eigenvalue weighted by molar-refractivity contribution is 5.09. The normalized spacial score (nSPS) is 28.5. The number of hydrogen-bond donors (Lipinski definition) is 0. The molecular weight excluding hydrogens is 176 g/mol. The average molecular weight is 194 g/mol. The van der Waals surface area contributed by atoms with E-state index in [1.54, 1.807) is 0 Å². The van der Waals surface area contributed by atoms with Crippen LogP contribution in [0.4, 0.5) is 0 Å². The summed E-state index contributed by atoms with van der Waals surface area (Å²) in [6, 6.07) is 2.50. The number of rotatable bonds is 2. The Bertz CT molecular complexity index is 308. The Labute approximate surface area is 85.1 Å². The maximum absolute atomic E-state index is 5.32. The highest BCUT2D eigenvalue weighted by Gasteiger charge is 2.31. The van der Waals surface area contributed by atoms with E-state index in [4.69, 9.17) is 4.52 Å². The van der Waals surface area contributed by atoms with Gasteiger partial charge in [0.15, 0.2) is 5.76 Å². The topological polar surface area (TPSA) is 29.3 Å². The molecule has 1 aromatic heterocycles. The van der Waals surface area contributed by atoms with E-state index < -0.39 is 0 Å². The van der Waals surface area contributed by atoms with Crippen molar-refractivity contribution in [2.24, 2.45) is 5.92 Å². The minimum Gasteiger partial charge on any atom is -0.359 e. The average Bonchev–Trinajstić information content (AvgIpc) is 2.71. The standard InChI is InChI=1S/C11H18N2O/c1-4-9-6-10(13(3)7-9)11-5-8(2)12-14-11/h5,9-10H,4,6-7H2,1-3H3/t9-,10-/m1/s1. The smallest absolute Gasteiger partial charge is 0.154 e. The highest BCUT2D eigenvalue weighted by atomic mass is 16.5. The van der Waals surface area contributed by atoms with E-state index in [2.05, 4.69) is 30.1 Å². The molecule has 1 aromatic rings. The molecule has 0 saturated carbocycles. The first-order valence-electron chi connectivity index (χ1n) is 5.34. The van der Waals surface area contributed by atoms with E-state index >= 15 is 0 Å². The van der Waals surface area contributed by atoms with Crippen LogP contribution in [0.15, 0.2) is 10.6 Å². The van der Waals surface area contributed by atoms with Crippen molar-refractivity contribution in [2.75, 3.05) is 13.6 Å². The van der Waals surface area contributed by atoms with Gasteiger partial charge >= 0.3 is 0 Å². The fraction of sp³-hybridized carbons (Fsp3) is 0.727. The first kappa shape index (κ1) is 9.71. The summed E-state index contributed by atoms with van der Waals surface area (Å²) in [5, 5.41) is 3.94. The van der Waals surface area contributed by atoms with Gasteiger partial charge in [0, 0.05) is 12.6 Å². The predicted molar refractivity (Wildman–Crippen MR) is 55.0 cm³/mol. The molecule has 78 valence electrons. The monoisotopic (exact) mass is 194 g/mol. The summed E-state index contributed by atoms with van der Waals surface area (Å²) in [6.45, 7) is 5.41. The van der Waals surface area contributed by atoms with E-state index in [1.807, 2.05) is 6.92 Å². The van der Waals surface area contributed by atoms with E-state index in [0.717, 1.165) is 17.4 Å². The van der Waals surface area contributed by atoms with Crippen LogP contribution in [-0.2, 0) is 0 Å². The number of aromatic nitrogens is 1. The number of hydrogen-bond acceptors (Lipinski definition) is 3. The molecule has 1 saturated heterocycles. The van der Waals surface area contributed by atoms with Crippen LogP contribution in [0.2, 0.25) is 0 Å². The SMILES string of the molecule is CC[C@@H]1C[C@H](c2cc(C)no2)N(C)C1. The lowest BCUT2D eigenvalue weighted by atomic mass is 10.0. The molecule has 0 aromatic carbocycles. The fourth-order valence-electron chi connectivity index (χ4n) is 2.27. The number of likely N-dealkylation sites (tertiary alicyclic amines) is 1. The Kier molecular flexibility index (Phi) is 2.59. The first-order valence-corrected chi connectivity index (χ1v) is 5.34. The maximum Gasteiger partial charge on any atom is 0.154 e. The Balaban J connectivity index is 2.12. The molecule has 2 heterocycles. The van der Waals surface area contributed by atoms with Crippen LogP contribution in [0.5, 0.6) is 0 Å². The van der Waals surface area contributed by atoms with Gasteiger partial charge in [0.1, 0.15) is 0 Å². The van der Waals surface area contributed by atoms with Crippen LogP contribution in [-0.4, -0.2) is 23.6 Å². The summed E-state index contributed by atoms with van der Waals surface area (Å²) in [4.78, 5) is 2.37. The van der Waals surface area contributed by atoms with Crippen LogP contribution < -0.4 is 0 Å². The van der Waals surface area contributed by atoms with Crippen LogP contribution >= 0.6 is 0 Å². The minimum absolute atomic E-state index is 0.446. The molecule has 2 atom stereocenters. The van der Waals surface area contributed by atoms with Gasteiger partial charge in [-0.15, -0.1) is 0 Å². The van der Waals surface area contributed by atoms with Crippen molar-refractivity contribution < 1.29 is 4.52 Å². The van der Waals surface area contributed by atoms with Crippen molar-refractivity contribution in [3.05, 3.63) is 17.5 Å². The molecule has 3 nitrogen and oxygen atoms in total. The lowest BCUT2D eigenvalue weighted by Gasteiger charge is -2.15. The van der Waals surface area contributed by atoms with Crippen LogP contribution in [0, 0.1) is 12.8 Å². The molecule has 0 unspecified atom stereocenters. The van der Waals surface area contributed by atoms with Crippen molar-refractivity contribution in [3.63, 3.8) is 0 Å². The first-order chi connectivity index (χ1) is 6.70. The second-order valence-corrected chi connectivity index (χ2v) is 4.34. The Morgan fingerprint density at radius 3 is 2.93 bits per heavy atom. The molecular formula is C11H18N2O. The molecule has 1 aliphatic rings. The zero-order chi connectivity index (χ0) is 10.1. The van der Waals surface area contributed by atoms with Crippen molar-refractivity contribution in [2.45, 2.75) is 32.7 Å². The Morgan fingerprint density at radius 1 is 1.64 bits per heavy atom. The van der Waals surface area contributed by atoms with E-state index in [0.29, 0.717) is 6.04 Å². The lowest BCUT2D eigenvalue weighted by molar-refractivity contribution is 0.250. The van der Waals surface area contributed by atoms with Gasteiger partial charge in [-0.3, -0.25) is 4.90 Å². The minimum atomic E-state index is 0.446. The third-order valence-corrected chi connectivity index (χ3v) is 3.19. The molecule has 2 rings (SSSR count). The van der Waals surface area contributed by atoms with Crippen molar-refractivity contribution >= 4 is 0 Å². The lowest BCUT2D eigenvalue weighted by Crippen LogP contribution is -2.17. The summed E-state index contributed by atoms with van der Waals surface area (Å²) in [5.74, 6) is 1.84. The summed E-state index contributed by atoms with van der Waals surface area (Å²) in [7, 11) is 2.16. The second kappa shape index (κ2) is 3.73. The van der Waals surface area contributed by atoms with Gasteiger partial charge in [0.2, 0.25) is 0 Å². The molecule has 0 amide bonds. The molecule has 0 spiro atoms. The maximum atomic E-state index is 5.32. The summed E-state index contributed by atoms with van der Waals surface area (Å²) in [6.07, 6.45) is 2.47. The number of nitrogens with zero attached hydrogens (tertiary/aromatic N) is 2. The van der Waals surface area contributed by atoms with Crippen molar-refractivity contribution in [1.29, 1.82) is 0 Å². The molecule has 14 heavy (non-hydrogen) atoms. The van der Waals surface area contributed by atoms with E-state index in [1.165, 1.54) is 19.4 Å². The van der Waals surface area contributed by atoms with Crippen LogP contribution in [0.3, 0.4) is 0 Å². The zero-order valence-corrected chi connectivity index (χ0v) is 9.16. The van der Waals surface area contributed by atoms with Gasteiger partial charge in [-0.2, -0.15) is 0 Å². The number of aryl methyl sites for hydroxylation is 1. The third kappa shape index (κ3) is 1.69. The van der Waals surface area contributed by atoms with Crippen LogP contribution in [0.1, 0.15) is 37.3 Å². The van der Waals surface area contributed by atoms with E-state index in [9.17, 15) is 0 Å². The van der Waals surface area contributed by atoms with Crippen LogP contribution in [0.25, 0.3) is 0 Å². The quantitative estimate of drug-likeness (QED) is 0.724. The Morgan fingerprint density at radius 2 is 2.43 bits per heavy atom. The van der Waals surface area contributed by atoms with Gasteiger partial charge in [-0.25, -0.2) is 0 Å². The molecule has 0 radical (unpaired) electrons. The van der Waals surface area contributed by atoms with Gasteiger partial charge in [-0.05, 0) is 26.3 Å². The Hall–Kier alpha value is -0.830. The van der Waals surface area contributed by atoms with Gasteiger partial charge in [0.05, 0.1) is 11.7 Å². The molecule has 3 heteroatoms. The second-order valence-electron chi connectivity index (χ2n) is 4.34. The molecule has 0 N–H and O–H groups in total. The van der Waals surface area contributed by atoms with E-state index in [-0.39, 0.29) is 0 Å². The van der Waals surface area contributed by atoms with Gasteiger partial charge in [-0.1, -0.05) is 18.5 Å². The van der Waals surface area contributed by atoms with Gasteiger partial charge < -0.3 is 4.52 Å². The van der Waals surface area contributed by atoms with Gasteiger partial charge in [0.25, 0.3) is 0 Å². The molecule has 0 aliphatic carbocycles.